The second-order valence-corrected chi connectivity index (χ2v) is 9.70. The zero-order chi connectivity index (χ0) is 29.1. The van der Waals surface area contributed by atoms with Crippen molar-refractivity contribution in [2.75, 3.05) is 13.1 Å². The van der Waals surface area contributed by atoms with Gasteiger partial charge in [-0.05, 0) is 48.6 Å². The summed E-state index contributed by atoms with van der Waals surface area (Å²) in [6.45, 7) is 2.06. The minimum Gasteiger partial charge on any atom is -0.508 e. The molecule has 3 atom stereocenters. The van der Waals surface area contributed by atoms with Gasteiger partial charge in [0, 0.05) is 49.6 Å². The number of guanidine groups is 1. The largest absolute Gasteiger partial charge is 0.508 e. The quantitative estimate of drug-likeness (QED) is 0.0744. The van der Waals surface area contributed by atoms with Crippen molar-refractivity contribution < 1.29 is 19.5 Å². The molecule has 0 radical (unpaired) electrons. The number of primary amides is 1. The van der Waals surface area contributed by atoms with Crippen LogP contribution in [0.2, 0.25) is 0 Å². The Morgan fingerprint density at radius 3 is 2.38 bits per heavy atom. The molecule has 0 saturated heterocycles. The van der Waals surface area contributed by atoms with Crippen molar-refractivity contribution in [1.29, 1.82) is 0 Å². The lowest BCUT2D eigenvalue weighted by atomic mass is 10.0. The molecule has 214 valence electrons. The van der Waals surface area contributed by atoms with Crippen molar-refractivity contribution in [2.24, 2.45) is 22.2 Å². The maximum Gasteiger partial charge on any atom is 0.240 e. The van der Waals surface area contributed by atoms with Crippen molar-refractivity contribution in [3.8, 4) is 5.75 Å². The molecule has 0 aliphatic heterocycles. The number of H-pyrrole nitrogens is 1. The van der Waals surface area contributed by atoms with E-state index in [0.29, 0.717) is 32.4 Å². The molecule has 2 aromatic carbocycles. The first kappa shape index (κ1) is 30.0. The van der Waals surface area contributed by atoms with Gasteiger partial charge < -0.3 is 43.2 Å². The van der Waals surface area contributed by atoms with Crippen molar-refractivity contribution >= 4 is 34.6 Å². The Morgan fingerprint density at radius 1 is 0.975 bits per heavy atom. The number of nitrogens with two attached hydrogens (primary N) is 3. The number of hydrogen-bond donors (Lipinski definition) is 8. The Morgan fingerprint density at radius 2 is 1.70 bits per heavy atom. The molecule has 12 heteroatoms. The summed E-state index contributed by atoms with van der Waals surface area (Å²) in [4.78, 5) is 44.7. The van der Waals surface area contributed by atoms with Gasteiger partial charge in [0.2, 0.25) is 17.7 Å². The lowest BCUT2D eigenvalue weighted by Gasteiger charge is -2.25. The normalized spacial score (nSPS) is 13.2. The molecule has 0 aliphatic rings. The molecule has 1 aromatic heterocycles. The third kappa shape index (κ3) is 9.31. The van der Waals surface area contributed by atoms with Crippen LogP contribution < -0.4 is 33.2 Å². The van der Waals surface area contributed by atoms with Gasteiger partial charge in [-0.3, -0.25) is 19.4 Å². The molecule has 11 N–H and O–H groups in total. The fourth-order valence-electron chi connectivity index (χ4n) is 4.50. The summed E-state index contributed by atoms with van der Waals surface area (Å²) < 4.78 is 0. The molecule has 3 unspecified atom stereocenters. The Balaban J connectivity index is 1.72. The number of nitrogens with one attached hydrogen (secondary N) is 4. The number of aromatic hydroxyl groups is 1. The minimum atomic E-state index is -0.962. The predicted octanol–water partition coefficient (Wildman–Crippen LogP) is 0.145. The number of carbonyl (C=O) groups excluding carboxylic acids is 3. The number of hydrogen-bond acceptors (Lipinski definition) is 6. The fourth-order valence-corrected chi connectivity index (χ4v) is 4.50. The standard InChI is InChI=1S/C28H38N8O4/c1-17(37)35-20(14-19-15-33-23-6-3-2-5-22(19)23)16-34-24(7-4-12-32-28(30)31)27(40)36-25(26(29)39)13-18-8-10-21(38)11-9-18/h2-3,5-6,8-11,15,20,24-25,33-34,38H,4,7,12-14,16H2,1H3,(H2,29,39)(H,35,37)(H,36,40)(H4,30,31,32). The first-order valence-electron chi connectivity index (χ1n) is 13.1. The molecule has 12 nitrogen and oxygen atoms in total. The van der Waals surface area contributed by atoms with Crippen LogP contribution in [0.5, 0.6) is 5.75 Å². The lowest BCUT2D eigenvalue weighted by Crippen LogP contribution is -2.54. The number of carbonyl (C=O) groups is 3. The van der Waals surface area contributed by atoms with Crippen LogP contribution in [0.3, 0.4) is 0 Å². The summed E-state index contributed by atoms with van der Waals surface area (Å²) >= 11 is 0. The Labute approximate surface area is 232 Å². The monoisotopic (exact) mass is 550 g/mol. The van der Waals surface area contributed by atoms with Crippen LogP contribution in [0, 0.1) is 0 Å². The number of aliphatic imine (C=N–C) groups is 1. The molecule has 0 spiro atoms. The molecule has 0 saturated carbocycles. The number of phenols is 1. The van der Waals surface area contributed by atoms with Gasteiger partial charge >= 0.3 is 0 Å². The highest BCUT2D eigenvalue weighted by molar-refractivity contribution is 5.89. The number of fused-ring (bicyclic) bond motifs is 1. The summed E-state index contributed by atoms with van der Waals surface area (Å²) in [5.74, 6) is -1.24. The van der Waals surface area contributed by atoms with Crippen LogP contribution in [-0.2, 0) is 27.2 Å². The van der Waals surface area contributed by atoms with Crippen LogP contribution in [0.25, 0.3) is 10.9 Å². The predicted molar refractivity (Wildman–Crippen MR) is 154 cm³/mol. The number of rotatable bonds is 15. The van der Waals surface area contributed by atoms with Gasteiger partial charge in [0.25, 0.3) is 0 Å². The topological polar surface area (TPSA) is 214 Å². The first-order valence-corrected chi connectivity index (χ1v) is 13.1. The van der Waals surface area contributed by atoms with Gasteiger partial charge in [-0.25, -0.2) is 0 Å². The first-order chi connectivity index (χ1) is 19.1. The highest BCUT2D eigenvalue weighted by Gasteiger charge is 2.25. The molecule has 40 heavy (non-hydrogen) atoms. The molecule has 3 aromatic rings. The van der Waals surface area contributed by atoms with Gasteiger partial charge in [0.1, 0.15) is 11.8 Å². The van der Waals surface area contributed by atoms with Crippen molar-refractivity contribution in [3.63, 3.8) is 0 Å². The summed E-state index contributed by atoms with van der Waals surface area (Å²) in [7, 11) is 0. The number of nitrogens with zero attached hydrogens (tertiary/aromatic N) is 1. The fraction of sp³-hybridized carbons (Fsp3) is 0.357. The molecule has 0 bridgehead atoms. The van der Waals surface area contributed by atoms with E-state index in [1.807, 2.05) is 30.5 Å². The van der Waals surface area contributed by atoms with Crippen LogP contribution in [0.15, 0.2) is 59.7 Å². The van der Waals surface area contributed by atoms with Gasteiger partial charge in [-0.2, -0.15) is 0 Å². The highest BCUT2D eigenvalue weighted by Crippen LogP contribution is 2.19. The minimum absolute atomic E-state index is 0.0406. The van der Waals surface area contributed by atoms with Gasteiger partial charge in [-0.15, -0.1) is 0 Å². The van der Waals surface area contributed by atoms with E-state index in [2.05, 4.69) is 25.9 Å². The smallest absolute Gasteiger partial charge is 0.240 e. The van der Waals surface area contributed by atoms with Crippen LogP contribution in [0.1, 0.15) is 30.9 Å². The van der Waals surface area contributed by atoms with Gasteiger partial charge in [-0.1, -0.05) is 30.3 Å². The van der Waals surface area contributed by atoms with Crippen molar-refractivity contribution in [3.05, 3.63) is 65.9 Å². The number of aromatic amines is 1. The summed E-state index contributed by atoms with van der Waals surface area (Å²) in [5, 5.41) is 19.5. The van der Waals surface area contributed by atoms with Gasteiger partial charge in [0.15, 0.2) is 5.96 Å². The van der Waals surface area contributed by atoms with Gasteiger partial charge in [0.05, 0.1) is 6.04 Å². The van der Waals surface area contributed by atoms with Crippen LogP contribution in [-0.4, -0.2) is 65.0 Å². The number of para-hydroxylation sites is 1. The molecule has 3 amide bonds. The summed E-state index contributed by atoms with van der Waals surface area (Å²) in [6.07, 6.45) is 3.48. The average molecular weight is 551 g/mol. The molecule has 1 heterocycles. The van der Waals surface area contributed by atoms with E-state index in [4.69, 9.17) is 17.2 Å². The molecule has 3 rings (SSSR count). The molecular weight excluding hydrogens is 512 g/mol. The Hall–Kier alpha value is -4.58. The maximum atomic E-state index is 13.4. The van der Waals surface area contributed by atoms with E-state index >= 15 is 0 Å². The summed E-state index contributed by atoms with van der Waals surface area (Å²) in [5.41, 5.74) is 19.2. The molecule has 0 fully saturated rings. The number of aromatic nitrogens is 1. The van der Waals surface area contributed by atoms with E-state index in [1.165, 1.54) is 19.1 Å². The highest BCUT2D eigenvalue weighted by atomic mass is 16.3. The van der Waals surface area contributed by atoms with Crippen LogP contribution >= 0.6 is 0 Å². The zero-order valence-electron chi connectivity index (χ0n) is 22.5. The second-order valence-electron chi connectivity index (χ2n) is 9.70. The number of amides is 3. The van der Waals surface area contributed by atoms with E-state index in [0.717, 1.165) is 22.0 Å². The van der Waals surface area contributed by atoms with E-state index in [-0.39, 0.29) is 30.1 Å². The Bertz CT molecular complexity index is 1320. The third-order valence-corrected chi connectivity index (χ3v) is 6.46. The van der Waals surface area contributed by atoms with Crippen LogP contribution in [0.4, 0.5) is 0 Å². The molecular formula is C28H38N8O4. The lowest BCUT2D eigenvalue weighted by molar-refractivity contribution is -0.128. The maximum absolute atomic E-state index is 13.4. The summed E-state index contributed by atoms with van der Waals surface area (Å²) in [6, 6.07) is 12.2. The zero-order valence-corrected chi connectivity index (χ0v) is 22.5. The van der Waals surface area contributed by atoms with E-state index < -0.39 is 23.9 Å². The average Bonchev–Trinajstić information content (AvgIpc) is 3.31. The number of benzene rings is 2. The van der Waals surface area contributed by atoms with Crippen molar-refractivity contribution in [1.82, 2.24) is 20.9 Å². The Kier molecular flexibility index (Phi) is 10.9. The van der Waals surface area contributed by atoms with E-state index in [9.17, 15) is 19.5 Å². The second kappa shape index (κ2) is 14.5. The molecule has 0 aliphatic carbocycles. The van der Waals surface area contributed by atoms with Crippen molar-refractivity contribution in [2.45, 2.75) is 50.7 Å². The van der Waals surface area contributed by atoms with E-state index in [1.54, 1.807) is 12.1 Å². The SMILES string of the molecule is CC(=O)NC(CNC(CCCN=C(N)N)C(=O)NC(Cc1ccc(O)cc1)C(N)=O)Cc1c[nH]c2ccccc12. The third-order valence-electron chi connectivity index (χ3n) is 6.46. The number of phenolic OH excluding ortho intramolecular Hbond substituents is 1.